The summed E-state index contributed by atoms with van der Waals surface area (Å²) in [4.78, 5) is 25.8. The first-order valence-corrected chi connectivity index (χ1v) is 31.8. The SMILES string of the molecule is CCC[CH2][Sn](/[CH]=C/C=C(C)/C=C/[C@@H]1O[C@H](c2ccccc2)OC[C@H]1CC/C=C(\C)C(=O)O[C@H](C)CCC/C=C(\C(=O)OC)[C@H](OCOC)[C@@H](C)/C=C/I)([CH2]CCC)[CH2]CCC. The number of esters is 2. The summed E-state index contributed by atoms with van der Waals surface area (Å²) in [5, 5.41) is 0. The van der Waals surface area contributed by atoms with Gasteiger partial charge in [0.05, 0.1) is 24.9 Å². The van der Waals surface area contributed by atoms with Gasteiger partial charge in [0.2, 0.25) is 0 Å². The third kappa shape index (κ3) is 21.5. The number of rotatable bonds is 30. The molecule has 8 nitrogen and oxygen atoms in total. The molecule has 0 spiro atoms. The maximum atomic E-state index is 13.1. The molecule has 0 unspecified atom stereocenters. The predicted molar refractivity (Wildman–Crippen MR) is 262 cm³/mol. The number of halogens is 1. The topological polar surface area (TPSA) is 89.5 Å². The molecular formula is C51H79IO8Sn. The molecule has 0 radical (unpaired) electrons. The summed E-state index contributed by atoms with van der Waals surface area (Å²) >= 11 is -0.201. The number of unbranched alkanes of at least 4 members (excludes halogenated alkanes) is 4. The molecule has 0 aromatic heterocycles. The fraction of sp³-hybridized carbons (Fsp3) is 0.608. The van der Waals surface area contributed by atoms with Crippen LogP contribution >= 0.6 is 22.6 Å². The average Bonchev–Trinajstić information content (AvgIpc) is 3.27. The van der Waals surface area contributed by atoms with Crippen molar-refractivity contribution in [3.63, 3.8) is 0 Å². The van der Waals surface area contributed by atoms with E-state index in [1.54, 1.807) is 7.11 Å². The molecule has 61 heavy (non-hydrogen) atoms. The van der Waals surface area contributed by atoms with Crippen molar-refractivity contribution in [1.82, 2.24) is 0 Å². The van der Waals surface area contributed by atoms with E-state index >= 15 is 0 Å². The van der Waals surface area contributed by atoms with Crippen LogP contribution in [0.15, 0.2) is 97.8 Å². The van der Waals surface area contributed by atoms with Gasteiger partial charge in [-0.3, -0.25) is 0 Å². The second-order valence-corrected chi connectivity index (χ2v) is 30.4. The Labute approximate surface area is 388 Å². The number of methoxy groups -OCH3 is 2. The van der Waals surface area contributed by atoms with Crippen LogP contribution in [0.2, 0.25) is 13.3 Å². The van der Waals surface area contributed by atoms with Crippen molar-refractivity contribution in [2.45, 2.75) is 157 Å². The molecule has 10 heteroatoms. The van der Waals surface area contributed by atoms with Crippen LogP contribution in [-0.2, 0) is 38.0 Å². The Hall–Kier alpha value is -2.03. The molecule has 1 saturated heterocycles. The number of hydrogen-bond donors (Lipinski definition) is 0. The van der Waals surface area contributed by atoms with Gasteiger partial charge in [-0.25, -0.2) is 9.59 Å². The van der Waals surface area contributed by atoms with Gasteiger partial charge in [-0.1, -0.05) is 47.7 Å². The van der Waals surface area contributed by atoms with Gasteiger partial charge in [-0.2, -0.15) is 0 Å². The predicted octanol–water partition coefficient (Wildman–Crippen LogP) is 13.7. The Bertz CT molecular complexity index is 1540. The Morgan fingerprint density at radius 3 is 2.20 bits per heavy atom. The third-order valence-electron chi connectivity index (χ3n) is 11.5. The molecule has 0 bridgehead atoms. The van der Waals surface area contributed by atoms with E-state index < -0.39 is 36.7 Å². The van der Waals surface area contributed by atoms with Crippen LogP contribution in [-0.4, -0.2) is 76.2 Å². The average molecular weight is 1070 g/mol. The summed E-state index contributed by atoms with van der Waals surface area (Å²) in [7, 11) is 2.92. The summed E-state index contributed by atoms with van der Waals surface area (Å²) in [6.45, 7) is 15.5. The standard InChI is InChI=1S/C39H52IO8.3C4H9.Sn/c1-8-15-28(2)22-23-35-33(26-45-39(48-35)32-18-10-9-11-19-32)20-14-16-30(4)37(41)47-31(5)17-12-13-21-34(38(42)44-7)36(46-27-43-6)29(3)24-25-40;3*1-3-4-2;/h1,8-11,15-16,18-19,21-25,29,31,33,35-36,39H,12-14,17,20,26-27H2,2-7H3;3*1,3-4H2,2H3;/b8-1?,23-22+,25-24+,28-15+,30-16+,34-21-;;;;/t29-,31+,33+,35-,36+,39+;;;;/m0..../s1. The van der Waals surface area contributed by atoms with Crippen LogP contribution in [0, 0.1) is 11.8 Å². The molecule has 1 aliphatic heterocycles. The number of carbonyl (C=O) groups excluding carboxylic acids is 2. The van der Waals surface area contributed by atoms with E-state index in [4.69, 9.17) is 28.4 Å². The van der Waals surface area contributed by atoms with Crippen LogP contribution in [0.5, 0.6) is 0 Å². The van der Waals surface area contributed by atoms with Gasteiger partial charge in [0, 0.05) is 13.0 Å². The normalized spacial score (nSPS) is 19.8. The first-order chi connectivity index (χ1) is 29.5. The zero-order valence-electron chi connectivity index (χ0n) is 39.0. The molecule has 2 rings (SSSR count). The first kappa shape index (κ1) is 55.1. The van der Waals surface area contributed by atoms with Crippen LogP contribution in [0.25, 0.3) is 0 Å². The third-order valence-corrected chi connectivity index (χ3v) is 26.0. The Kier molecular flexibility index (Phi) is 29.4. The molecule has 342 valence electrons. The number of allylic oxidation sites excluding steroid dienone is 6. The van der Waals surface area contributed by atoms with Crippen LogP contribution < -0.4 is 0 Å². The summed E-state index contributed by atoms with van der Waals surface area (Å²) < 4.78 is 43.8. The van der Waals surface area contributed by atoms with E-state index in [0.29, 0.717) is 37.0 Å². The van der Waals surface area contributed by atoms with Gasteiger partial charge in [0.15, 0.2) is 0 Å². The molecule has 1 heterocycles. The van der Waals surface area contributed by atoms with Gasteiger partial charge in [0.25, 0.3) is 0 Å². The van der Waals surface area contributed by atoms with Gasteiger partial charge in [-0.15, -0.1) is 0 Å². The second-order valence-electron chi connectivity index (χ2n) is 16.7. The molecule has 1 fully saturated rings. The van der Waals surface area contributed by atoms with Gasteiger partial charge < -0.3 is 18.9 Å². The number of benzene rings is 1. The Morgan fingerprint density at radius 1 is 0.918 bits per heavy atom. The van der Waals surface area contributed by atoms with Crippen LogP contribution in [0.1, 0.15) is 131 Å². The monoisotopic (exact) mass is 1070 g/mol. The van der Waals surface area contributed by atoms with Crippen LogP contribution in [0.3, 0.4) is 0 Å². The maximum absolute atomic E-state index is 13.1. The molecule has 0 amide bonds. The minimum atomic E-state index is -2.35. The quantitative estimate of drug-likeness (QED) is 0.0143. The molecule has 6 atom stereocenters. The fourth-order valence-corrected chi connectivity index (χ4v) is 22.4. The molecule has 1 aliphatic rings. The fourth-order valence-electron chi connectivity index (χ4n) is 7.66. The van der Waals surface area contributed by atoms with E-state index in [1.165, 1.54) is 64.5 Å². The molecule has 0 N–H and O–H groups in total. The van der Waals surface area contributed by atoms with Crippen molar-refractivity contribution in [1.29, 1.82) is 0 Å². The van der Waals surface area contributed by atoms with Gasteiger partial charge >= 0.3 is 233 Å². The zero-order valence-corrected chi connectivity index (χ0v) is 44.0. The van der Waals surface area contributed by atoms with E-state index in [1.807, 2.05) is 73.4 Å². The van der Waals surface area contributed by atoms with Crippen LogP contribution in [0.4, 0.5) is 0 Å². The second kappa shape index (κ2) is 32.6. The van der Waals surface area contributed by atoms with Crippen molar-refractivity contribution in [3.8, 4) is 0 Å². The van der Waals surface area contributed by atoms with Crippen molar-refractivity contribution < 1.29 is 38.0 Å². The first-order valence-electron chi connectivity index (χ1n) is 22.9. The Balaban J connectivity index is 2.09. The zero-order chi connectivity index (χ0) is 44.9. The minimum absolute atomic E-state index is 0.0577. The summed E-state index contributed by atoms with van der Waals surface area (Å²) in [6.07, 6.45) is 25.0. The van der Waals surface area contributed by atoms with Crippen molar-refractivity contribution in [3.05, 3.63) is 103 Å². The number of carbonyl (C=O) groups is 2. The van der Waals surface area contributed by atoms with E-state index in [0.717, 1.165) is 18.4 Å². The van der Waals surface area contributed by atoms with Gasteiger partial charge in [0.1, 0.15) is 6.79 Å². The molecule has 1 aromatic rings. The summed E-state index contributed by atoms with van der Waals surface area (Å²) in [5.41, 5.74) is 3.27. The Morgan fingerprint density at radius 2 is 1.59 bits per heavy atom. The van der Waals surface area contributed by atoms with Crippen molar-refractivity contribution >= 4 is 52.9 Å². The number of hydrogen-bond acceptors (Lipinski definition) is 8. The summed E-state index contributed by atoms with van der Waals surface area (Å²) in [5.74, 6) is -0.682. The van der Waals surface area contributed by atoms with Crippen molar-refractivity contribution in [2.75, 3.05) is 27.6 Å². The molecule has 0 aliphatic carbocycles. The van der Waals surface area contributed by atoms with E-state index in [2.05, 4.69) is 78.7 Å². The molecule has 0 saturated carbocycles. The summed E-state index contributed by atoms with van der Waals surface area (Å²) in [6, 6.07) is 10.1. The van der Waals surface area contributed by atoms with Gasteiger partial charge in [-0.05, 0) is 37.2 Å². The van der Waals surface area contributed by atoms with Crippen molar-refractivity contribution in [2.24, 2.45) is 11.8 Å². The van der Waals surface area contributed by atoms with E-state index in [-0.39, 0.29) is 36.8 Å². The van der Waals surface area contributed by atoms with E-state index in [9.17, 15) is 9.59 Å². The molecule has 1 aromatic carbocycles. The number of ether oxygens (including phenoxy) is 6. The molecular weight excluding hydrogens is 986 g/mol.